The van der Waals surface area contributed by atoms with Crippen molar-refractivity contribution in [2.24, 2.45) is 0 Å². The average Bonchev–Trinajstić information content (AvgIpc) is 3.34. The molecule has 134 valence electrons. The number of furan rings is 2. The lowest BCUT2D eigenvalue weighted by Crippen LogP contribution is -2.24. The molecule has 26 heavy (non-hydrogen) atoms. The standard InChI is InChI=1S/C19H17F2N3O2/c20-19(21)24-17-8-2-1-7-16(17)22-18(24)13-23(11-14-5-3-9-25-14)12-15-6-4-10-26-15/h1-10,19H,11-13H2. The van der Waals surface area contributed by atoms with E-state index in [-0.39, 0.29) is 6.54 Å². The Labute approximate surface area is 148 Å². The van der Waals surface area contributed by atoms with Crippen LogP contribution in [0.15, 0.2) is 69.9 Å². The SMILES string of the molecule is FC(F)n1c(CN(Cc2ccco2)Cc2ccco2)nc2ccccc21. The minimum Gasteiger partial charge on any atom is -0.468 e. The van der Waals surface area contributed by atoms with Gasteiger partial charge in [0, 0.05) is 0 Å². The van der Waals surface area contributed by atoms with Gasteiger partial charge in [-0.1, -0.05) is 12.1 Å². The van der Waals surface area contributed by atoms with E-state index in [1.54, 1.807) is 48.9 Å². The third kappa shape index (κ3) is 3.39. The summed E-state index contributed by atoms with van der Waals surface area (Å²) in [4.78, 5) is 6.37. The molecule has 0 N–H and O–H groups in total. The zero-order chi connectivity index (χ0) is 17.9. The van der Waals surface area contributed by atoms with Gasteiger partial charge < -0.3 is 8.83 Å². The number of halogens is 2. The number of para-hydroxylation sites is 2. The summed E-state index contributed by atoms with van der Waals surface area (Å²) in [6, 6.07) is 14.2. The molecule has 0 aliphatic carbocycles. The van der Waals surface area contributed by atoms with Crippen LogP contribution in [-0.4, -0.2) is 14.5 Å². The largest absolute Gasteiger partial charge is 0.468 e. The summed E-state index contributed by atoms with van der Waals surface area (Å²) >= 11 is 0. The first-order chi connectivity index (χ1) is 12.7. The van der Waals surface area contributed by atoms with E-state index in [0.29, 0.717) is 29.9 Å². The van der Waals surface area contributed by atoms with Gasteiger partial charge >= 0.3 is 6.55 Å². The molecule has 4 aromatic rings. The molecule has 0 atom stereocenters. The molecule has 0 saturated heterocycles. The van der Waals surface area contributed by atoms with Crippen LogP contribution in [-0.2, 0) is 19.6 Å². The molecule has 7 heteroatoms. The molecule has 0 bridgehead atoms. The van der Waals surface area contributed by atoms with Crippen LogP contribution in [0.4, 0.5) is 8.78 Å². The fourth-order valence-corrected chi connectivity index (χ4v) is 3.04. The highest BCUT2D eigenvalue weighted by Crippen LogP contribution is 2.25. The maximum absolute atomic E-state index is 13.7. The zero-order valence-corrected chi connectivity index (χ0v) is 13.9. The Kier molecular flexibility index (Phi) is 4.53. The van der Waals surface area contributed by atoms with Crippen LogP contribution in [0.1, 0.15) is 23.9 Å². The Morgan fingerprint density at radius 2 is 1.54 bits per heavy atom. The van der Waals surface area contributed by atoms with Crippen LogP contribution in [0.2, 0.25) is 0 Å². The van der Waals surface area contributed by atoms with E-state index < -0.39 is 6.55 Å². The minimum absolute atomic E-state index is 0.237. The molecule has 3 aromatic heterocycles. The Morgan fingerprint density at radius 1 is 0.885 bits per heavy atom. The Balaban J connectivity index is 1.66. The van der Waals surface area contributed by atoms with Gasteiger partial charge in [-0.2, -0.15) is 8.78 Å². The summed E-state index contributed by atoms with van der Waals surface area (Å²) < 4.78 is 39.1. The third-order valence-corrected chi connectivity index (χ3v) is 4.15. The predicted molar refractivity (Wildman–Crippen MR) is 91.4 cm³/mol. The second-order valence-corrected chi connectivity index (χ2v) is 5.97. The van der Waals surface area contributed by atoms with Gasteiger partial charge in [-0.3, -0.25) is 9.47 Å². The van der Waals surface area contributed by atoms with Gasteiger partial charge in [-0.25, -0.2) is 4.98 Å². The molecule has 0 amide bonds. The van der Waals surface area contributed by atoms with E-state index in [0.717, 1.165) is 16.1 Å². The van der Waals surface area contributed by atoms with E-state index in [2.05, 4.69) is 4.98 Å². The Bertz CT molecular complexity index is 926. The molecule has 4 rings (SSSR count). The fourth-order valence-electron chi connectivity index (χ4n) is 3.04. The first-order valence-corrected chi connectivity index (χ1v) is 8.22. The number of fused-ring (bicyclic) bond motifs is 1. The van der Waals surface area contributed by atoms with Crippen LogP contribution >= 0.6 is 0 Å². The van der Waals surface area contributed by atoms with Crippen molar-refractivity contribution in [3.8, 4) is 0 Å². The third-order valence-electron chi connectivity index (χ3n) is 4.15. The van der Waals surface area contributed by atoms with Crippen molar-refractivity contribution in [3.63, 3.8) is 0 Å². The number of rotatable bonds is 7. The fraction of sp³-hybridized carbons (Fsp3) is 0.211. The molecule has 0 saturated carbocycles. The molecule has 0 aliphatic heterocycles. The number of benzene rings is 1. The molecular formula is C19H17F2N3O2. The number of imidazole rings is 1. The second kappa shape index (κ2) is 7.13. The van der Waals surface area contributed by atoms with Gasteiger partial charge in [0.05, 0.1) is 43.2 Å². The molecule has 0 fully saturated rings. The first kappa shape index (κ1) is 16.5. The lowest BCUT2D eigenvalue weighted by Gasteiger charge is -2.20. The quantitative estimate of drug-likeness (QED) is 0.476. The van der Waals surface area contributed by atoms with Gasteiger partial charge in [-0.15, -0.1) is 0 Å². The van der Waals surface area contributed by atoms with Crippen molar-refractivity contribution in [2.75, 3.05) is 0 Å². The lowest BCUT2D eigenvalue weighted by molar-refractivity contribution is 0.0672. The van der Waals surface area contributed by atoms with Crippen molar-refractivity contribution >= 4 is 11.0 Å². The van der Waals surface area contributed by atoms with E-state index in [1.165, 1.54) is 0 Å². The average molecular weight is 357 g/mol. The summed E-state index contributed by atoms with van der Waals surface area (Å²) in [5, 5.41) is 0. The van der Waals surface area contributed by atoms with Crippen molar-refractivity contribution in [3.05, 3.63) is 78.4 Å². The topological polar surface area (TPSA) is 47.3 Å². The van der Waals surface area contributed by atoms with Crippen molar-refractivity contribution in [1.82, 2.24) is 14.5 Å². The molecule has 0 aliphatic rings. The van der Waals surface area contributed by atoms with Gasteiger partial charge in [-0.05, 0) is 36.4 Å². The molecule has 5 nitrogen and oxygen atoms in total. The van der Waals surface area contributed by atoms with Gasteiger partial charge in [0.1, 0.15) is 17.3 Å². The summed E-state index contributed by atoms with van der Waals surface area (Å²) in [7, 11) is 0. The molecular weight excluding hydrogens is 340 g/mol. The maximum Gasteiger partial charge on any atom is 0.320 e. The van der Waals surface area contributed by atoms with Crippen LogP contribution < -0.4 is 0 Å². The Hall–Kier alpha value is -2.93. The van der Waals surface area contributed by atoms with Crippen LogP contribution in [0.25, 0.3) is 11.0 Å². The number of alkyl halides is 2. The number of hydrogen-bond acceptors (Lipinski definition) is 4. The molecule has 0 spiro atoms. The van der Waals surface area contributed by atoms with Crippen molar-refractivity contribution in [1.29, 1.82) is 0 Å². The highest BCUT2D eigenvalue weighted by atomic mass is 19.3. The van der Waals surface area contributed by atoms with Gasteiger partial charge in [0.25, 0.3) is 0 Å². The highest BCUT2D eigenvalue weighted by Gasteiger charge is 2.21. The molecule has 0 radical (unpaired) electrons. The highest BCUT2D eigenvalue weighted by molar-refractivity contribution is 5.75. The van der Waals surface area contributed by atoms with E-state index in [9.17, 15) is 8.78 Å². The van der Waals surface area contributed by atoms with Gasteiger partial charge in [0.2, 0.25) is 0 Å². The maximum atomic E-state index is 13.7. The summed E-state index contributed by atoms with van der Waals surface area (Å²) in [5.41, 5.74) is 0.979. The number of nitrogens with zero attached hydrogens (tertiary/aromatic N) is 3. The number of aromatic nitrogens is 2. The van der Waals surface area contributed by atoms with Crippen molar-refractivity contribution in [2.45, 2.75) is 26.2 Å². The Morgan fingerprint density at radius 3 is 2.12 bits per heavy atom. The minimum atomic E-state index is -2.66. The lowest BCUT2D eigenvalue weighted by atomic mass is 10.3. The van der Waals surface area contributed by atoms with E-state index >= 15 is 0 Å². The second-order valence-electron chi connectivity index (χ2n) is 5.97. The van der Waals surface area contributed by atoms with Crippen LogP contribution in [0, 0.1) is 0 Å². The van der Waals surface area contributed by atoms with Gasteiger partial charge in [0.15, 0.2) is 0 Å². The monoisotopic (exact) mass is 357 g/mol. The zero-order valence-electron chi connectivity index (χ0n) is 13.9. The van der Waals surface area contributed by atoms with Crippen LogP contribution in [0.3, 0.4) is 0 Å². The van der Waals surface area contributed by atoms with Crippen LogP contribution in [0.5, 0.6) is 0 Å². The first-order valence-electron chi connectivity index (χ1n) is 8.22. The summed E-state index contributed by atoms with van der Waals surface area (Å²) in [5.74, 6) is 1.80. The van der Waals surface area contributed by atoms with E-state index in [4.69, 9.17) is 8.83 Å². The predicted octanol–water partition coefficient (Wildman–Crippen LogP) is 4.82. The number of hydrogen-bond donors (Lipinski definition) is 0. The molecule has 3 heterocycles. The summed E-state index contributed by atoms with van der Waals surface area (Å²) in [6.07, 6.45) is 3.18. The smallest absolute Gasteiger partial charge is 0.320 e. The van der Waals surface area contributed by atoms with Crippen molar-refractivity contribution < 1.29 is 17.6 Å². The summed E-state index contributed by atoms with van der Waals surface area (Å²) in [6.45, 7) is -1.51. The molecule has 1 aromatic carbocycles. The normalized spacial score (nSPS) is 11.8. The van der Waals surface area contributed by atoms with E-state index in [1.807, 2.05) is 17.0 Å². The molecule has 0 unspecified atom stereocenters.